The van der Waals surface area contributed by atoms with E-state index in [1.54, 1.807) is 0 Å². The number of nitrogens with zero attached hydrogens (tertiary/aromatic N) is 3. The van der Waals surface area contributed by atoms with Gasteiger partial charge < -0.3 is 14.8 Å². The van der Waals surface area contributed by atoms with E-state index in [-0.39, 0.29) is 17.7 Å². The molecular formula is C25H30N4O2. The molecule has 0 radical (unpaired) electrons. The highest BCUT2D eigenvalue weighted by Crippen LogP contribution is 2.19. The van der Waals surface area contributed by atoms with Crippen molar-refractivity contribution in [3.63, 3.8) is 0 Å². The van der Waals surface area contributed by atoms with Gasteiger partial charge in [-0.2, -0.15) is 0 Å². The van der Waals surface area contributed by atoms with E-state index in [0.29, 0.717) is 32.6 Å². The zero-order valence-electron chi connectivity index (χ0n) is 18.1. The van der Waals surface area contributed by atoms with Crippen LogP contribution in [0.25, 0.3) is 11.0 Å². The van der Waals surface area contributed by atoms with E-state index in [1.165, 1.54) is 5.56 Å². The van der Waals surface area contributed by atoms with Crippen LogP contribution in [0.1, 0.15) is 30.7 Å². The highest BCUT2D eigenvalue weighted by atomic mass is 16.2. The van der Waals surface area contributed by atoms with Crippen molar-refractivity contribution in [1.82, 2.24) is 19.8 Å². The van der Waals surface area contributed by atoms with Gasteiger partial charge in [-0.15, -0.1) is 0 Å². The molecule has 0 bridgehead atoms. The van der Waals surface area contributed by atoms with Crippen molar-refractivity contribution >= 4 is 22.8 Å². The second-order valence-corrected chi connectivity index (χ2v) is 8.23. The van der Waals surface area contributed by atoms with Crippen molar-refractivity contribution in [2.75, 3.05) is 19.6 Å². The predicted molar refractivity (Wildman–Crippen MR) is 122 cm³/mol. The van der Waals surface area contributed by atoms with Crippen LogP contribution >= 0.6 is 0 Å². The molecule has 4 rings (SSSR count). The fourth-order valence-electron chi connectivity index (χ4n) is 4.36. The average molecular weight is 419 g/mol. The van der Waals surface area contributed by atoms with Crippen molar-refractivity contribution in [3.05, 3.63) is 66.0 Å². The first-order valence-corrected chi connectivity index (χ1v) is 11.1. The fraction of sp³-hybridized carbons (Fsp3) is 0.400. The number of hydrogen-bond acceptors (Lipinski definition) is 3. The number of nitrogens with one attached hydrogen (secondary N) is 1. The van der Waals surface area contributed by atoms with E-state index >= 15 is 0 Å². The van der Waals surface area contributed by atoms with E-state index in [4.69, 9.17) is 0 Å². The van der Waals surface area contributed by atoms with Gasteiger partial charge in [0, 0.05) is 38.5 Å². The molecule has 2 heterocycles. The summed E-state index contributed by atoms with van der Waals surface area (Å²) < 4.78 is 2.14. The van der Waals surface area contributed by atoms with E-state index in [2.05, 4.69) is 33.1 Å². The van der Waals surface area contributed by atoms with Gasteiger partial charge in [-0.3, -0.25) is 9.59 Å². The summed E-state index contributed by atoms with van der Waals surface area (Å²) in [6.45, 7) is 4.60. The third kappa shape index (κ3) is 5.13. The number of likely N-dealkylation sites (tertiary alicyclic amines) is 1. The molecule has 1 aromatic heterocycles. The Kier molecular flexibility index (Phi) is 6.65. The van der Waals surface area contributed by atoms with Crippen LogP contribution in [0.15, 0.2) is 54.6 Å². The quantitative estimate of drug-likeness (QED) is 0.640. The van der Waals surface area contributed by atoms with Crippen LogP contribution in [0.4, 0.5) is 0 Å². The average Bonchev–Trinajstić information content (AvgIpc) is 3.13. The topological polar surface area (TPSA) is 67.2 Å². The molecule has 1 aliphatic heterocycles. The zero-order chi connectivity index (χ0) is 21.6. The van der Waals surface area contributed by atoms with Gasteiger partial charge in [-0.1, -0.05) is 42.5 Å². The standard InChI is InChI=1S/C25H30N4O2/c1-19-27-22-9-5-6-10-23(22)29(19)18-15-26-25(31)21-13-16-28(17-14-21)24(30)12-11-20-7-3-2-4-8-20/h2-10,21H,11-18H2,1H3,(H,26,31). The van der Waals surface area contributed by atoms with Crippen LogP contribution in [-0.4, -0.2) is 45.9 Å². The second-order valence-electron chi connectivity index (χ2n) is 8.23. The van der Waals surface area contributed by atoms with Gasteiger partial charge in [0.25, 0.3) is 0 Å². The van der Waals surface area contributed by atoms with E-state index in [0.717, 1.165) is 36.1 Å². The van der Waals surface area contributed by atoms with Crippen LogP contribution in [-0.2, 0) is 22.6 Å². The molecule has 0 saturated carbocycles. The Balaban J connectivity index is 1.20. The Hall–Kier alpha value is -3.15. The van der Waals surface area contributed by atoms with E-state index < -0.39 is 0 Å². The lowest BCUT2D eigenvalue weighted by molar-refractivity contribution is -0.135. The van der Waals surface area contributed by atoms with Gasteiger partial charge in [0.2, 0.25) is 11.8 Å². The number of piperidine rings is 1. The lowest BCUT2D eigenvalue weighted by atomic mass is 9.95. The molecule has 31 heavy (non-hydrogen) atoms. The predicted octanol–water partition coefficient (Wildman–Crippen LogP) is 3.33. The molecule has 1 saturated heterocycles. The van der Waals surface area contributed by atoms with Crippen molar-refractivity contribution < 1.29 is 9.59 Å². The Morgan fingerprint density at radius 2 is 1.74 bits per heavy atom. The van der Waals surface area contributed by atoms with Gasteiger partial charge in [0.1, 0.15) is 5.82 Å². The molecule has 3 aromatic rings. The summed E-state index contributed by atoms with van der Waals surface area (Å²) in [5.41, 5.74) is 3.26. The number of amides is 2. The number of rotatable bonds is 7. The maximum absolute atomic E-state index is 12.6. The lowest BCUT2D eigenvalue weighted by Crippen LogP contribution is -2.43. The number of imidazole rings is 1. The zero-order valence-corrected chi connectivity index (χ0v) is 18.1. The number of hydrogen-bond donors (Lipinski definition) is 1. The fourth-order valence-corrected chi connectivity index (χ4v) is 4.36. The molecule has 0 atom stereocenters. The minimum absolute atomic E-state index is 0.0150. The summed E-state index contributed by atoms with van der Waals surface area (Å²) in [5, 5.41) is 3.08. The molecular weight excluding hydrogens is 388 g/mol. The van der Waals surface area contributed by atoms with Gasteiger partial charge >= 0.3 is 0 Å². The first-order valence-electron chi connectivity index (χ1n) is 11.1. The Bertz CT molecular complexity index is 1040. The van der Waals surface area contributed by atoms with Crippen molar-refractivity contribution in [2.45, 2.75) is 39.2 Å². The van der Waals surface area contributed by atoms with Crippen LogP contribution in [0.3, 0.4) is 0 Å². The third-order valence-electron chi connectivity index (χ3n) is 6.17. The highest BCUT2D eigenvalue weighted by molar-refractivity contribution is 5.80. The first-order chi connectivity index (χ1) is 15.1. The number of carbonyl (C=O) groups excluding carboxylic acids is 2. The molecule has 6 nitrogen and oxygen atoms in total. The van der Waals surface area contributed by atoms with Crippen molar-refractivity contribution in [2.24, 2.45) is 5.92 Å². The van der Waals surface area contributed by atoms with Gasteiger partial charge in [-0.05, 0) is 43.9 Å². The number of carbonyl (C=O) groups is 2. The normalized spacial score (nSPS) is 14.7. The molecule has 0 unspecified atom stereocenters. The number of fused-ring (bicyclic) bond motifs is 1. The molecule has 2 aromatic carbocycles. The maximum atomic E-state index is 12.6. The summed E-state index contributed by atoms with van der Waals surface area (Å²) in [4.78, 5) is 31.6. The molecule has 1 N–H and O–H groups in total. The van der Waals surface area contributed by atoms with Crippen LogP contribution in [0.2, 0.25) is 0 Å². The minimum atomic E-state index is -0.0150. The monoisotopic (exact) mass is 418 g/mol. The number of para-hydroxylation sites is 2. The summed E-state index contributed by atoms with van der Waals surface area (Å²) in [5.74, 6) is 1.22. The van der Waals surface area contributed by atoms with Gasteiger partial charge in [-0.25, -0.2) is 4.98 Å². The van der Waals surface area contributed by atoms with E-state index in [1.807, 2.05) is 48.2 Å². The molecule has 2 amide bonds. The highest BCUT2D eigenvalue weighted by Gasteiger charge is 2.27. The number of aryl methyl sites for hydroxylation is 2. The van der Waals surface area contributed by atoms with Crippen molar-refractivity contribution in [1.29, 1.82) is 0 Å². The summed E-state index contributed by atoms with van der Waals surface area (Å²) in [6, 6.07) is 18.2. The Labute approximate surface area is 183 Å². The summed E-state index contributed by atoms with van der Waals surface area (Å²) in [7, 11) is 0. The first kappa shape index (κ1) is 21.1. The third-order valence-corrected chi connectivity index (χ3v) is 6.17. The molecule has 0 aliphatic carbocycles. The molecule has 162 valence electrons. The van der Waals surface area contributed by atoms with Crippen molar-refractivity contribution in [3.8, 4) is 0 Å². The number of benzene rings is 2. The number of aromatic nitrogens is 2. The smallest absolute Gasteiger partial charge is 0.223 e. The van der Waals surface area contributed by atoms with Crippen LogP contribution in [0, 0.1) is 12.8 Å². The van der Waals surface area contributed by atoms with Crippen LogP contribution in [0.5, 0.6) is 0 Å². The molecule has 6 heteroatoms. The summed E-state index contributed by atoms with van der Waals surface area (Å²) in [6.07, 6.45) is 2.76. The largest absolute Gasteiger partial charge is 0.354 e. The molecule has 1 aliphatic rings. The maximum Gasteiger partial charge on any atom is 0.223 e. The van der Waals surface area contributed by atoms with E-state index in [9.17, 15) is 9.59 Å². The summed E-state index contributed by atoms with van der Waals surface area (Å²) >= 11 is 0. The SMILES string of the molecule is Cc1nc2ccccc2n1CCNC(=O)C1CCN(C(=O)CCc2ccccc2)CC1. The minimum Gasteiger partial charge on any atom is -0.354 e. The van der Waals surface area contributed by atoms with Gasteiger partial charge in [0.05, 0.1) is 11.0 Å². The molecule has 0 spiro atoms. The lowest BCUT2D eigenvalue weighted by Gasteiger charge is -2.31. The molecule has 1 fully saturated rings. The Morgan fingerprint density at radius 1 is 1.03 bits per heavy atom. The van der Waals surface area contributed by atoms with Crippen LogP contribution < -0.4 is 5.32 Å². The second kappa shape index (κ2) is 9.77. The Morgan fingerprint density at radius 3 is 2.52 bits per heavy atom. The van der Waals surface area contributed by atoms with Gasteiger partial charge in [0.15, 0.2) is 0 Å².